The second-order valence-electron chi connectivity index (χ2n) is 9.25. The van der Waals surface area contributed by atoms with Gasteiger partial charge in [-0.3, -0.25) is 4.90 Å². The number of urea groups is 1. The molecule has 0 radical (unpaired) electrons. The lowest BCUT2D eigenvalue weighted by Crippen LogP contribution is -2.47. The Balaban J connectivity index is 1.21. The summed E-state index contributed by atoms with van der Waals surface area (Å²) in [6.45, 7) is 5.14. The number of amides is 2. The number of methoxy groups -OCH3 is 2. The molecule has 1 saturated heterocycles. The summed E-state index contributed by atoms with van der Waals surface area (Å²) in [6, 6.07) is 17.3. The van der Waals surface area contributed by atoms with Crippen LogP contribution in [-0.4, -0.2) is 64.5 Å². The van der Waals surface area contributed by atoms with Crippen molar-refractivity contribution in [3.63, 3.8) is 0 Å². The van der Waals surface area contributed by atoms with Crippen LogP contribution in [0.1, 0.15) is 11.1 Å². The number of anilines is 2. The molecular formula is C29H33F3N4O4. The van der Waals surface area contributed by atoms with E-state index in [1.807, 2.05) is 12.1 Å². The molecule has 1 aliphatic heterocycles. The van der Waals surface area contributed by atoms with E-state index in [0.29, 0.717) is 18.1 Å². The van der Waals surface area contributed by atoms with E-state index in [2.05, 4.69) is 32.6 Å². The van der Waals surface area contributed by atoms with Crippen molar-refractivity contribution in [2.45, 2.75) is 12.7 Å². The Morgan fingerprint density at radius 3 is 2.33 bits per heavy atom. The number of hydrogen-bond donors (Lipinski definition) is 2. The summed E-state index contributed by atoms with van der Waals surface area (Å²) in [5.41, 5.74) is 1.15. The van der Waals surface area contributed by atoms with Gasteiger partial charge < -0.3 is 29.7 Å². The van der Waals surface area contributed by atoms with Gasteiger partial charge in [0.1, 0.15) is 12.4 Å². The van der Waals surface area contributed by atoms with Crippen molar-refractivity contribution in [1.29, 1.82) is 0 Å². The molecule has 0 atom stereocenters. The van der Waals surface area contributed by atoms with E-state index in [1.54, 1.807) is 25.3 Å². The minimum atomic E-state index is -4.48. The van der Waals surface area contributed by atoms with Gasteiger partial charge in [-0.05, 0) is 60.2 Å². The highest BCUT2D eigenvalue weighted by molar-refractivity contribution is 5.89. The minimum absolute atomic E-state index is 0.0517. The van der Waals surface area contributed by atoms with E-state index in [9.17, 15) is 18.0 Å². The first-order valence-electron chi connectivity index (χ1n) is 12.9. The average molecular weight is 559 g/mol. The van der Waals surface area contributed by atoms with E-state index in [0.717, 1.165) is 56.2 Å². The predicted molar refractivity (Wildman–Crippen MR) is 147 cm³/mol. The minimum Gasteiger partial charge on any atom is -0.497 e. The third kappa shape index (κ3) is 7.95. The second-order valence-corrected chi connectivity index (χ2v) is 9.25. The summed E-state index contributed by atoms with van der Waals surface area (Å²) in [5.74, 6) is 1.97. The van der Waals surface area contributed by atoms with Gasteiger partial charge in [-0.15, -0.1) is 0 Å². The van der Waals surface area contributed by atoms with Gasteiger partial charge >= 0.3 is 12.2 Å². The van der Waals surface area contributed by atoms with Crippen LogP contribution in [0, 0.1) is 0 Å². The van der Waals surface area contributed by atoms with Crippen LogP contribution >= 0.6 is 0 Å². The smallest absolute Gasteiger partial charge is 0.416 e. The van der Waals surface area contributed by atoms with E-state index in [1.165, 1.54) is 24.9 Å². The number of benzene rings is 3. The molecule has 2 amide bonds. The quantitative estimate of drug-likeness (QED) is 0.354. The van der Waals surface area contributed by atoms with E-state index >= 15 is 0 Å². The molecule has 1 heterocycles. The van der Waals surface area contributed by atoms with Crippen molar-refractivity contribution in [3.8, 4) is 17.2 Å². The van der Waals surface area contributed by atoms with Gasteiger partial charge in [-0.2, -0.15) is 13.2 Å². The molecule has 0 spiro atoms. The van der Waals surface area contributed by atoms with E-state index < -0.39 is 17.8 Å². The van der Waals surface area contributed by atoms with Crippen LogP contribution in [0.4, 0.5) is 29.3 Å². The highest BCUT2D eigenvalue weighted by atomic mass is 19.4. The fraction of sp³-hybridized carbons (Fsp3) is 0.345. The maximum absolute atomic E-state index is 12.9. The third-order valence-corrected chi connectivity index (χ3v) is 6.60. The van der Waals surface area contributed by atoms with Crippen LogP contribution in [0.25, 0.3) is 0 Å². The molecule has 0 saturated carbocycles. The fourth-order valence-corrected chi connectivity index (χ4v) is 4.38. The van der Waals surface area contributed by atoms with Crippen LogP contribution in [0.15, 0.2) is 66.7 Å². The number of hydrogen-bond acceptors (Lipinski definition) is 6. The SMILES string of the molecule is COc1ccc(N2CCN(CCOc3ccc(CNC(=O)Nc4cccc(C(F)(F)F)c4)cc3OC)CC2)cc1. The molecule has 214 valence electrons. The van der Waals surface area contributed by atoms with Crippen LogP contribution < -0.4 is 29.7 Å². The van der Waals surface area contributed by atoms with Gasteiger partial charge in [0.05, 0.1) is 19.8 Å². The van der Waals surface area contributed by atoms with Crippen molar-refractivity contribution in [1.82, 2.24) is 10.2 Å². The molecule has 0 aromatic heterocycles. The van der Waals surface area contributed by atoms with Crippen molar-refractivity contribution in [3.05, 3.63) is 77.9 Å². The summed E-state index contributed by atoms with van der Waals surface area (Å²) in [6.07, 6.45) is -4.48. The predicted octanol–water partition coefficient (Wildman–Crippen LogP) is 5.25. The Morgan fingerprint density at radius 2 is 1.65 bits per heavy atom. The normalized spacial score (nSPS) is 14.0. The molecule has 2 N–H and O–H groups in total. The summed E-state index contributed by atoms with van der Waals surface area (Å²) >= 11 is 0. The Kier molecular flexibility index (Phi) is 9.60. The highest BCUT2D eigenvalue weighted by Crippen LogP contribution is 2.31. The molecule has 1 aliphatic rings. The standard InChI is InChI=1S/C29H33F3N4O4/c1-38-25-9-7-24(8-10-25)36-14-12-35(13-15-36)16-17-40-26-11-6-21(18-27(26)39-2)20-33-28(37)34-23-5-3-4-22(19-23)29(30,31)32/h3-11,18-19H,12-17,20H2,1-2H3,(H2,33,34,37). The molecule has 3 aromatic rings. The van der Waals surface area contributed by atoms with Crippen molar-refractivity contribution < 1.29 is 32.2 Å². The van der Waals surface area contributed by atoms with E-state index in [4.69, 9.17) is 14.2 Å². The van der Waals surface area contributed by atoms with Crippen LogP contribution in [0.3, 0.4) is 0 Å². The summed E-state index contributed by atoms with van der Waals surface area (Å²) in [7, 11) is 3.20. The molecule has 0 unspecified atom stereocenters. The molecule has 8 nitrogen and oxygen atoms in total. The number of alkyl halides is 3. The van der Waals surface area contributed by atoms with Crippen LogP contribution in [-0.2, 0) is 12.7 Å². The first-order valence-corrected chi connectivity index (χ1v) is 12.9. The molecule has 0 aliphatic carbocycles. The van der Waals surface area contributed by atoms with Crippen molar-refractivity contribution in [2.75, 3.05) is 63.8 Å². The fourth-order valence-electron chi connectivity index (χ4n) is 4.38. The lowest BCUT2D eigenvalue weighted by molar-refractivity contribution is -0.137. The van der Waals surface area contributed by atoms with Gasteiger partial charge in [-0.1, -0.05) is 12.1 Å². The zero-order chi connectivity index (χ0) is 28.5. The molecule has 3 aromatic carbocycles. The number of piperazine rings is 1. The molecular weight excluding hydrogens is 525 g/mol. The van der Waals surface area contributed by atoms with Gasteiger partial charge in [0.15, 0.2) is 11.5 Å². The van der Waals surface area contributed by atoms with Crippen molar-refractivity contribution in [2.24, 2.45) is 0 Å². The first-order chi connectivity index (χ1) is 19.2. The zero-order valence-corrected chi connectivity index (χ0v) is 22.5. The average Bonchev–Trinajstić information content (AvgIpc) is 2.96. The second kappa shape index (κ2) is 13.3. The van der Waals surface area contributed by atoms with Gasteiger partial charge in [-0.25, -0.2) is 4.79 Å². The first kappa shape index (κ1) is 28.9. The number of ether oxygens (including phenoxy) is 3. The Bertz CT molecular complexity index is 1260. The topological polar surface area (TPSA) is 75.3 Å². The van der Waals surface area contributed by atoms with Crippen molar-refractivity contribution >= 4 is 17.4 Å². The summed E-state index contributed by atoms with van der Waals surface area (Å²) in [5, 5.41) is 5.06. The third-order valence-electron chi connectivity index (χ3n) is 6.60. The highest BCUT2D eigenvalue weighted by Gasteiger charge is 2.30. The number of rotatable bonds is 10. The summed E-state index contributed by atoms with van der Waals surface area (Å²) in [4.78, 5) is 16.9. The van der Waals surface area contributed by atoms with Gasteiger partial charge in [0, 0.05) is 50.6 Å². The number of nitrogens with zero attached hydrogens (tertiary/aromatic N) is 2. The Hall–Kier alpha value is -4.12. The lowest BCUT2D eigenvalue weighted by Gasteiger charge is -2.36. The number of nitrogens with one attached hydrogen (secondary N) is 2. The molecule has 11 heteroatoms. The summed E-state index contributed by atoms with van der Waals surface area (Å²) < 4.78 is 55.3. The largest absolute Gasteiger partial charge is 0.497 e. The number of carbonyl (C=O) groups excluding carboxylic acids is 1. The number of carbonyl (C=O) groups is 1. The molecule has 1 fully saturated rings. The zero-order valence-electron chi connectivity index (χ0n) is 22.5. The van der Waals surface area contributed by atoms with Gasteiger partial charge in [0.25, 0.3) is 0 Å². The monoisotopic (exact) mass is 558 g/mol. The maximum atomic E-state index is 12.9. The van der Waals surface area contributed by atoms with Crippen LogP contribution in [0.2, 0.25) is 0 Å². The van der Waals surface area contributed by atoms with Gasteiger partial charge in [0.2, 0.25) is 0 Å². The lowest BCUT2D eigenvalue weighted by atomic mass is 10.2. The molecule has 4 rings (SSSR count). The van der Waals surface area contributed by atoms with E-state index in [-0.39, 0.29) is 12.2 Å². The number of halogens is 3. The Morgan fingerprint density at radius 1 is 0.900 bits per heavy atom. The Labute approximate surface area is 231 Å². The maximum Gasteiger partial charge on any atom is 0.416 e. The molecule has 0 bridgehead atoms. The molecule has 40 heavy (non-hydrogen) atoms. The van der Waals surface area contributed by atoms with Crippen LogP contribution in [0.5, 0.6) is 17.2 Å².